The van der Waals surface area contributed by atoms with Crippen molar-refractivity contribution in [3.05, 3.63) is 47.8 Å². The molecule has 15 heteroatoms. The lowest BCUT2D eigenvalue weighted by atomic mass is 9.97. The number of carbonyl (C=O) groups excluding carboxylic acids is 3. The Balaban J connectivity index is 1.43. The average molecular weight is 517 g/mol. The smallest absolute Gasteiger partial charge is 0.328 e. The summed E-state index contributed by atoms with van der Waals surface area (Å²) in [6.07, 6.45) is 1.63. The molecule has 2 saturated heterocycles. The first-order valence-corrected chi connectivity index (χ1v) is 11.8. The lowest BCUT2D eigenvalue weighted by molar-refractivity contribution is -0.156. The van der Waals surface area contributed by atoms with Gasteiger partial charge >= 0.3 is 5.97 Å². The van der Waals surface area contributed by atoms with Gasteiger partial charge in [0.2, 0.25) is 5.91 Å². The van der Waals surface area contributed by atoms with Crippen LogP contribution >= 0.6 is 0 Å². The van der Waals surface area contributed by atoms with E-state index in [1.807, 2.05) is 0 Å². The molecule has 188 valence electrons. The van der Waals surface area contributed by atoms with Crippen LogP contribution in [0.4, 0.5) is 5.69 Å². The Morgan fingerprint density at radius 2 is 1.89 bits per heavy atom. The maximum absolute atomic E-state index is 12.8. The van der Waals surface area contributed by atoms with Crippen molar-refractivity contribution >= 4 is 45.4 Å². The fraction of sp³-hybridized carbons (Fsp3) is 0.238. The van der Waals surface area contributed by atoms with E-state index in [0.717, 1.165) is 36.4 Å². The molecule has 4 rings (SSSR count). The Morgan fingerprint density at radius 3 is 2.47 bits per heavy atom. The van der Waals surface area contributed by atoms with E-state index in [2.05, 4.69) is 20.8 Å². The number of hydrazone groups is 1. The van der Waals surface area contributed by atoms with Gasteiger partial charge in [-0.2, -0.15) is 5.10 Å². The van der Waals surface area contributed by atoms with Crippen LogP contribution in [0.1, 0.15) is 34.2 Å². The molecule has 2 aliphatic heterocycles. The van der Waals surface area contributed by atoms with Crippen LogP contribution in [0.15, 0.2) is 41.6 Å². The van der Waals surface area contributed by atoms with E-state index in [4.69, 9.17) is 0 Å². The highest BCUT2D eigenvalue weighted by Crippen LogP contribution is 2.45. The summed E-state index contributed by atoms with van der Waals surface area (Å²) < 4.78 is 23.6. The average Bonchev–Trinajstić information content (AvgIpc) is 2.96. The van der Waals surface area contributed by atoms with Crippen molar-refractivity contribution in [1.82, 2.24) is 15.3 Å². The molecule has 14 nitrogen and oxygen atoms in total. The Kier molecular flexibility index (Phi) is 5.87. The number of sulfone groups is 1. The van der Waals surface area contributed by atoms with Crippen molar-refractivity contribution in [1.29, 1.82) is 0 Å². The molecule has 0 unspecified atom stereocenters. The van der Waals surface area contributed by atoms with Crippen LogP contribution < -0.4 is 10.7 Å². The predicted octanol–water partition coefficient (Wildman–Crippen LogP) is -0.341. The first-order valence-electron chi connectivity index (χ1n) is 10.3. The zero-order valence-corrected chi connectivity index (χ0v) is 19.3. The summed E-state index contributed by atoms with van der Waals surface area (Å²) in [7, 11) is -4.12. The van der Waals surface area contributed by atoms with Crippen LogP contribution in [0.25, 0.3) is 0 Å². The van der Waals surface area contributed by atoms with Gasteiger partial charge in [0.1, 0.15) is 15.8 Å². The zero-order valence-electron chi connectivity index (χ0n) is 18.4. The number of hydrogen-bond donors (Lipinski definition) is 5. The summed E-state index contributed by atoms with van der Waals surface area (Å²) in [5.41, 5.74) is 2.19. The van der Waals surface area contributed by atoms with E-state index in [9.17, 15) is 42.9 Å². The standard InChI is InChI=1S/C21H19N5O9S/c1-21(17(20(32)33)26-15(29)7-16(26)36(21,34)35)9-23-25-19(31)12-4-3-11(8-22-12)24-18(30)10-2-5-13(27)14(28)6-10/h2-6,8-9,16-17,27-28H,7H2,1H3,(H,24,30)(H,25,31)(H,32,33)/b23-9+/t16-,17+,21+/m1/s1. The Hall–Kier alpha value is -4.53. The molecular formula is C21H19N5O9S. The summed E-state index contributed by atoms with van der Waals surface area (Å²) in [6, 6.07) is 4.40. The minimum Gasteiger partial charge on any atom is -0.504 e. The molecule has 2 fully saturated rings. The zero-order chi connectivity index (χ0) is 26.4. The van der Waals surface area contributed by atoms with E-state index >= 15 is 0 Å². The Labute approximate surface area is 203 Å². The van der Waals surface area contributed by atoms with Gasteiger partial charge in [-0.3, -0.25) is 14.4 Å². The van der Waals surface area contributed by atoms with E-state index < -0.39 is 55.4 Å². The first-order chi connectivity index (χ1) is 16.9. The number of phenolic OH excluding ortho intramolecular Hbond substituents is 2. The fourth-order valence-electron chi connectivity index (χ4n) is 3.95. The number of phenols is 2. The summed E-state index contributed by atoms with van der Waals surface area (Å²) in [5.74, 6) is -4.44. The topological polar surface area (TPSA) is 216 Å². The van der Waals surface area contributed by atoms with E-state index in [1.54, 1.807) is 0 Å². The number of amides is 3. The lowest BCUT2D eigenvalue weighted by Crippen LogP contribution is -2.57. The van der Waals surface area contributed by atoms with Crippen molar-refractivity contribution in [3.63, 3.8) is 0 Å². The van der Waals surface area contributed by atoms with Crippen LogP contribution in [0, 0.1) is 0 Å². The molecule has 1 aromatic heterocycles. The molecule has 3 heterocycles. The summed E-state index contributed by atoms with van der Waals surface area (Å²) in [6.45, 7) is 1.12. The summed E-state index contributed by atoms with van der Waals surface area (Å²) in [5, 5.41) is 33.2. The number of carboxylic acid groups (broad SMARTS) is 1. The maximum atomic E-state index is 12.8. The molecule has 0 bridgehead atoms. The van der Waals surface area contributed by atoms with Gasteiger partial charge in [-0.1, -0.05) is 0 Å². The molecule has 36 heavy (non-hydrogen) atoms. The number of nitrogens with one attached hydrogen (secondary N) is 2. The van der Waals surface area contributed by atoms with Crippen LogP contribution in [-0.4, -0.2) is 79.7 Å². The number of carboxylic acids is 1. The fourth-order valence-corrected chi connectivity index (χ4v) is 6.16. The lowest BCUT2D eigenvalue weighted by Gasteiger charge is -2.35. The predicted molar refractivity (Wildman–Crippen MR) is 122 cm³/mol. The van der Waals surface area contributed by atoms with E-state index in [0.29, 0.717) is 0 Å². The monoisotopic (exact) mass is 517 g/mol. The second kappa shape index (κ2) is 8.60. The van der Waals surface area contributed by atoms with Gasteiger partial charge in [0.25, 0.3) is 11.8 Å². The number of pyridine rings is 1. The summed E-state index contributed by atoms with van der Waals surface area (Å²) >= 11 is 0. The van der Waals surface area contributed by atoms with Crippen molar-refractivity contribution < 1.29 is 42.9 Å². The number of aromatic hydroxyl groups is 2. The van der Waals surface area contributed by atoms with Gasteiger partial charge in [0, 0.05) is 11.8 Å². The van der Waals surface area contributed by atoms with Gasteiger partial charge in [0.15, 0.2) is 27.4 Å². The number of aliphatic carboxylic acids is 1. The highest BCUT2D eigenvalue weighted by molar-refractivity contribution is 7.94. The van der Waals surface area contributed by atoms with Crippen LogP contribution in [0.2, 0.25) is 0 Å². The number of anilines is 1. The molecule has 1 aromatic carbocycles. The molecule has 0 radical (unpaired) electrons. The number of hydrogen-bond acceptors (Lipinski definition) is 10. The molecule has 3 atom stereocenters. The number of nitrogens with zero attached hydrogens (tertiary/aromatic N) is 3. The quantitative estimate of drug-likeness (QED) is 0.145. The van der Waals surface area contributed by atoms with E-state index in [-0.39, 0.29) is 29.1 Å². The van der Waals surface area contributed by atoms with Gasteiger partial charge in [0.05, 0.1) is 18.3 Å². The molecular weight excluding hydrogens is 498 g/mol. The normalized spacial score (nSPS) is 24.1. The third kappa shape index (κ3) is 3.88. The highest BCUT2D eigenvalue weighted by atomic mass is 32.2. The largest absolute Gasteiger partial charge is 0.504 e. The van der Waals surface area contributed by atoms with Crippen LogP contribution in [0.3, 0.4) is 0 Å². The molecule has 0 saturated carbocycles. The van der Waals surface area contributed by atoms with Gasteiger partial charge in [-0.05, 0) is 37.3 Å². The minimum absolute atomic E-state index is 0.0583. The Bertz CT molecular complexity index is 1420. The number of benzene rings is 1. The number of fused-ring (bicyclic) bond motifs is 1. The number of aromatic nitrogens is 1. The van der Waals surface area contributed by atoms with Gasteiger partial charge < -0.3 is 25.5 Å². The van der Waals surface area contributed by atoms with Crippen molar-refractivity contribution in [2.24, 2.45) is 5.10 Å². The third-order valence-corrected chi connectivity index (χ3v) is 8.62. The van der Waals surface area contributed by atoms with Crippen molar-refractivity contribution in [3.8, 4) is 11.5 Å². The van der Waals surface area contributed by atoms with Gasteiger partial charge in [-0.25, -0.2) is 23.6 Å². The molecule has 2 aliphatic rings. The molecule has 0 spiro atoms. The number of rotatable bonds is 6. The van der Waals surface area contributed by atoms with Gasteiger partial charge in [-0.15, -0.1) is 0 Å². The molecule has 2 aromatic rings. The first kappa shape index (κ1) is 24.6. The third-order valence-electron chi connectivity index (χ3n) is 5.95. The van der Waals surface area contributed by atoms with Crippen LogP contribution in [0.5, 0.6) is 11.5 Å². The minimum atomic E-state index is -4.12. The number of carbonyl (C=O) groups is 4. The molecule has 5 N–H and O–H groups in total. The van der Waals surface area contributed by atoms with Crippen LogP contribution in [-0.2, 0) is 19.4 Å². The van der Waals surface area contributed by atoms with Crippen molar-refractivity contribution in [2.45, 2.75) is 29.5 Å². The molecule has 3 amide bonds. The summed E-state index contributed by atoms with van der Waals surface area (Å²) in [4.78, 5) is 52.8. The second-order valence-corrected chi connectivity index (χ2v) is 10.7. The SMILES string of the molecule is C[C@]1(/C=N/NC(=O)c2ccc(NC(=O)c3ccc(O)c(O)c3)cn2)[C@H](C(=O)O)N2C(=O)C[C@H]2S1(=O)=O. The van der Waals surface area contributed by atoms with E-state index in [1.165, 1.54) is 18.2 Å². The maximum Gasteiger partial charge on any atom is 0.328 e. The number of β-lactam (4-membered cyclic amide) rings is 1. The van der Waals surface area contributed by atoms with Crippen molar-refractivity contribution in [2.75, 3.05) is 5.32 Å². The molecule has 0 aliphatic carbocycles. The highest BCUT2D eigenvalue weighted by Gasteiger charge is 2.69. The Morgan fingerprint density at radius 1 is 1.17 bits per heavy atom. The second-order valence-electron chi connectivity index (χ2n) is 8.22.